The summed E-state index contributed by atoms with van der Waals surface area (Å²) >= 11 is 1.72. The maximum Gasteiger partial charge on any atom is 0.416 e. The van der Waals surface area contributed by atoms with Crippen LogP contribution >= 0.6 is 11.8 Å². The van der Waals surface area contributed by atoms with E-state index in [0.717, 1.165) is 25.0 Å². The molecule has 1 heterocycles. The van der Waals surface area contributed by atoms with Gasteiger partial charge in [-0.05, 0) is 31.2 Å². The van der Waals surface area contributed by atoms with Gasteiger partial charge < -0.3 is 10.7 Å². The minimum absolute atomic E-state index is 0.00803. The van der Waals surface area contributed by atoms with Crippen molar-refractivity contribution in [3.8, 4) is 0 Å². The third kappa shape index (κ3) is 3.44. The van der Waals surface area contributed by atoms with E-state index in [9.17, 15) is 13.2 Å². The number of hydrazine groups is 1. The number of nitrogens with two attached hydrogens (primary N) is 1. The van der Waals surface area contributed by atoms with E-state index in [-0.39, 0.29) is 16.4 Å². The van der Waals surface area contributed by atoms with Crippen molar-refractivity contribution in [3.63, 3.8) is 0 Å². The van der Waals surface area contributed by atoms with E-state index in [1.165, 1.54) is 0 Å². The van der Waals surface area contributed by atoms with Gasteiger partial charge in [-0.25, -0.2) is 10.8 Å². The van der Waals surface area contributed by atoms with Crippen molar-refractivity contribution in [1.82, 2.24) is 4.98 Å². The molecule has 0 bridgehead atoms. The van der Waals surface area contributed by atoms with Crippen LogP contribution in [0.25, 0.3) is 0 Å². The molecular formula is C11H15F3N4S. The number of anilines is 2. The normalized spacial score (nSPS) is 17.1. The number of nitrogen functional groups attached to an aromatic ring is 1. The van der Waals surface area contributed by atoms with Crippen molar-refractivity contribution < 1.29 is 13.2 Å². The quantitative estimate of drug-likeness (QED) is 0.575. The van der Waals surface area contributed by atoms with Crippen LogP contribution in [0.1, 0.15) is 18.4 Å². The van der Waals surface area contributed by atoms with Crippen LogP contribution in [0, 0.1) is 0 Å². The Labute approximate surface area is 113 Å². The van der Waals surface area contributed by atoms with E-state index in [0.29, 0.717) is 6.54 Å². The molecule has 1 aliphatic rings. The molecule has 1 aliphatic carbocycles. The second kappa shape index (κ2) is 5.09. The predicted octanol–water partition coefficient (Wildman–Crippen LogP) is 2.69. The maximum absolute atomic E-state index is 12.7. The standard InChI is InChI=1S/C11H15F3N4S/c1-19-10(2-3-10)6-16-8-4-7(11(12,13)14)5-9(17-8)18-15/h4-5H,2-3,6,15H2,1H3,(H2,16,17,18). The molecule has 106 valence electrons. The smallest absolute Gasteiger partial charge is 0.369 e. The molecule has 0 saturated heterocycles. The Morgan fingerprint density at radius 1 is 1.37 bits per heavy atom. The predicted molar refractivity (Wildman–Crippen MR) is 71.0 cm³/mol. The highest BCUT2D eigenvalue weighted by molar-refractivity contribution is 8.00. The lowest BCUT2D eigenvalue weighted by molar-refractivity contribution is -0.137. The number of thioether (sulfide) groups is 1. The van der Waals surface area contributed by atoms with Gasteiger partial charge in [0.1, 0.15) is 11.6 Å². The van der Waals surface area contributed by atoms with E-state index >= 15 is 0 Å². The van der Waals surface area contributed by atoms with Gasteiger partial charge >= 0.3 is 6.18 Å². The van der Waals surface area contributed by atoms with Crippen molar-refractivity contribution in [1.29, 1.82) is 0 Å². The Bertz CT molecular complexity index is 460. The lowest BCUT2D eigenvalue weighted by Gasteiger charge is -2.16. The highest BCUT2D eigenvalue weighted by atomic mass is 32.2. The minimum Gasteiger partial charge on any atom is -0.369 e. The number of aromatic nitrogens is 1. The summed E-state index contributed by atoms with van der Waals surface area (Å²) in [5.74, 6) is 5.31. The average Bonchev–Trinajstić information content (AvgIpc) is 3.15. The number of hydrogen-bond acceptors (Lipinski definition) is 5. The zero-order valence-electron chi connectivity index (χ0n) is 10.3. The molecule has 1 fully saturated rings. The minimum atomic E-state index is -4.41. The molecule has 1 aromatic rings. The number of alkyl halides is 3. The van der Waals surface area contributed by atoms with E-state index < -0.39 is 11.7 Å². The fraction of sp³-hybridized carbons (Fsp3) is 0.545. The van der Waals surface area contributed by atoms with Gasteiger partial charge in [0, 0.05) is 11.3 Å². The summed E-state index contributed by atoms with van der Waals surface area (Å²) in [4.78, 5) is 3.97. The Hall–Kier alpha value is -1.15. The Kier molecular flexibility index (Phi) is 3.82. The van der Waals surface area contributed by atoms with Gasteiger partial charge in [-0.15, -0.1) is 0 Å². The maximum atomic E-state index is 12.7. The van der Waals surface area contributed by atoms with E-state index in [2.05, 4.69) is 15.7 Å². The molecule has 0 unspecified atom stereocenters. The first kappa shape index (κ1) is 14.3. The summed E-state index contributed by atoms with van der Waals surface area (Å²) in [6.45, 7) is 0.604. The molecule has 0 atom stereocenters. The zero-order valence-corrected chi connectivity index (χ0v) is 11.2. The molecule has 4 nitrogen and oxygen atoms in total. The molecule has 0 aliphatic heterocycles. The summed E-state index contributed by atoms with van der Waals surface area (Å²) < 4.78 is 38.3. The lowest BCUT2D eigenvalue weighted by atomic mass is 10.2. The van der Waals surface area contributed by atoms with Gasteiger partial charge in [0.2, 0.25) is 0 Å². The molecule has 19 heavy (non-hydrogen) atoms. The first-order valence-corrected chi connectivity index (χ1v) is 6.96. The molecular weight excluding hydrogens is 277 g/mol. The van der Waals surface area contributed by atoms with Crippen LogP contribution < -0.4 is 16.6 Å². The monoisotopic (exact) mass is 292 g/mol. The number of rotatable bonds is 5. The van der Waals surface area contributed by atoms with Gasteiger partial charge in [-0.2, -0.15) is 24.9 Å². The van der Waals surface area contributed by atoms with Crippen molar-refractivity contribution >= 4 is 23.4 Å². The molecule has 1 aromatic heterocycles. The third-order valence-electron chi connectivity index (χ3n) is 3.13. The molecule has 0 radical (unpaired) electrons. The fourth-order valence-electron chi connectivity index (χ4n) is 1.70. The number of hydrogen-bond donors (Lipinski definition) is 3. The number of halogens is 3. The van der Waals surface area contributed by atoms with Crippen molar-refractivity contribution in [2.24, 2.45) is 5.84 Å². The SMILES string of the molecule is CSC1(CNc2cc(C(F)(F)F)cc(NN)n2)CC1. The van der Waals surface area contributed by atoms with Crippen LogP contribution in [-0.2, 0) is 6.18 Å². The molecule has 2 rings (SSSR count). The highest BCUT2D eigenvalue weighted by Gasteiger charge is 2.41. The van der Waals surface area contributed by atoms with Crippen molar-refractivity contribution in [3.05, 3.63) is 17.7 Å². The van der Waals surface area contributed by atoms with Gasteiger partial charge in [0.25, 0.3) is 0 Å². The Morgan fingerprint density at radius 3 is 2.47 bits per heavy atom. The van der Waals surface area contributed by atoms with Crippen LogP contribution in [-0.4, -0.2) is 22.5 Å². The lowest BCUT2D eigenvalue weighted by Crippen LogP contribution is -2.19. The second-order valence-corrected chi connectivity index (χ2v) is 5.78. The van der Waals surface area contributed by atoms with Crippen LogP contribution in [0.5, 0.6) is 0 Å². The summed E-state index contributed by atoms with van der Waals surface area (Å²) in [5.41, 5.74) is 1.38. The second-order valence-electron chi connectivity index (χ2n) is 4.51. The number of pyridine rings is 1. The molecule has 4 N–H and O–H groups in total. The number of nitrogens with zero attached hydrogens (tertiary/aromatic N) is 1. The topological polar surface area (TPSA) is 63.0 Å². The van der Waals surface area contributed by atoms with Crippen LogP contribution in [0.4, 0.5) is 24.8 Å². The summed E-state index contributed by atoms with van der Waals surface area (Å²) in [7, 11) is 0. The Morgan fingerprint density at radius 2 is 2.00 bits per heavy atom. The van der Waals surface area contributed by atoms with Crippen LogP contribution in [0.3, 0.4) is 0 Å². The van der Waals surface area contributed by atoms with Gasteiger partial charge in [0.15, 0.2) is 0 Å². The van der Waals surface area contributed by atoms with Crippen molar-refractivity contribution in [2.75, 3.05) is 23.5 Å². The van der Waals surface area contributed by atoms with Gasteiger partial charge in [0.05, 0.1) is 5.56 Å². The fourth-order valence-corrected chi connectivity index (χ4v) is 2.43. The summed E-state index contributed by atoms with van der Waals surface area (Å²) in [6, 6.07) is 1.88. The van der Waals surface area contributed by atoms with Gasteiger partial charge in [-0.1, -0.05) is 0 Å². The highest BCUT2D eigenvalue weighted by Crippen LogP contribution is 2.47. The first-order valence-electron chi connectivity index (χ1n) is 5.73. The molecule has 0 aromatic carbocycles. The molecule has 1 saturated carbocycles. The Balaban J connectivity index is 2.15. The third-order valence-corrected chi connectivity index (χ3v) is 4.55. The summed E-state index contributed by atoms with van der Waals surface area (Å²) in [5, 5.41) is 2.96. The molecule has 0 amide bonds. The first-order chi connectivity index (χ1) is 8.88. The average molecular weight is 292 g/mol. The zero-order chi connectivity index (χ0) is 14.1. The largest absolute Gasteiger partial charge is 0.416 e. The van der Waals surface area contributed by atoms with Crippen LogP contribution in [0.15, 0.2) is 12.1 Å². The summed E-state index contributed by atoms with van der Waals surface area (Å²) in [6.07, 6.45) is -0.271. The van der Waals surface area contributed by atoms with E-state index in [1.54, 1.807) is 11.8 Å². The van der Waals surface area contributed by atoms with E-state index in [4.69, 9.17) is 5.84 Å². The van der Waals surface area contributed by atoms with Crippen molar-refractivity contribution in [2.45, 2.75) is 23.8 Å². The van der Waals surface area contributed by atoms with Crippen LogP contribution in [0.2, 0.25) is 0 Å². The molecule has 8 heteroatoms. The number of nitrogens with one attached hydrogen (secondary N) is 2. The van der Waals surface area contributed by atoms with Gasteiger partial charge in [-0.3, -0.25) is 0 Å². The van der Waals surface area contributed by atoms with E-state index in [1.807, 2.05) is 6.26 Å². The molecule has 0 spiro atoms.